The van der Waals surface area contributed by atoms with Gasteiger partial charge in [-0.2, -0.15) is 13.2 Å². The molecule has 2 aromatic rings. The van der Waals surface area contributed by atoms with Gasteiger partial charge >= 0.3 is 12.2 Å². The number of amides is 2. The zero-order valence-corrected chi connectivity index (χ0v) is 18.3. The van der Waals surface area contributed by atoms with Crippen molar-refractivity contribution >= 4 is 28.8 Å². The Morgan fingerprint density at radius 2 is 1.50 bits per heavy atom. The molecule has 0 saturated carbocycles. The van der Waals surface area contributed by atoms with Crippen molar-refractivity contribution in [3.63, 3.8) is 0 Å². The number of nitro benzene ring substituents is 1. The van der Waals surface area contributed by atoms with Crippen LogP contribution >= 0.6 is 0 Å². The largest absolute Gasteiger partial charge is 0.418 e. The normalized spacial score (nSPS) is 17.0. The maximum absolute atomic E-state index is 13.7. The van der Waals surface area contributed by atoms with E-state index < -0.39 is 22.7 Å². The minimum absolute atomic E-state index is 0.0122. The lowest BCUT2D eigenvalue weighted by atomic mass is 10.1. The topological polar surface area (TPSA) is 91.2 Å². The number of halogens is 3. The van der Waals surface area contributed by atoms with E-state index in [2.05, 4.69) is 5.32 Å². The summed E-state index contributed by atoms with van der Waals surface area (Å²) < 4.78 is 46.5. The van der Waals surface area contributed by atoms with E-state index in [0.717, 1.165) is 11.8 Å². The number of piperazine rings is 1. The number of nitrogens with one attached hydrogen (secondary N) is 1. The van der Waals surface area contributed by atoms with Gasteiger partial charge in [-0.25, -0.2) is 4.79 Å². The van der Waals surface area contributed by atoms with E-state index in [1.165, 1.54) is 23.1 Å². The first kappa shape index (κ1) is 23.6. The first-order valence-electron chi connectivity index (χ1n) is 10.8. The smallest absolute Gasteiger partial charge is 0.378 e. The molecule has 4 rings (SSSR count). The maximum atomic E-state index is 13.7. The van der Waals surface area contributed by atoms with Crippen molar-refractivity contribution in [2.24, 2.45) is 0 Å². The molecule has 12 heteroatoms. The van der Waals surface area contributed by atoms with Crippen LogP contribution in [0.2, 0.25) is 0 Å². The lowest BCUT2D eigenvalue weighted by molar-refractivity contribution is -0.384. The van der Waals surface area contributed by atoms with Gasteiger partial charge in [-0.05, 0) is 30.3 Å². The Morgan fingerprint density at radius 1 is 0.912 bits per heavy atom. The fourth-order valence-electron chi connectivity index (χ4n) is 4.04. The number of hydrogen-bond acceptors (Lipinski definition) is 6. The minimum atomic E-state index is -4.63. The van der Waals surface area contributed by atoms with Crippen molar-refractivity contribution in [2.45, 2.75) is 6.18 Å². The number of nitrogens with zero attached hydrogens (tertiary/aromatic N) is 4. The average molecular weight is 479 g/mol. The Balaban J connectivity index is 1.41. The van der Waals surface area contributed by atoms with E-state index in [-0.39, 0.29) is 11.4 Å². The molecule has 2 aliphatic rings. The first-order valence-corrected chi connectivity index (χ1v) is 10.8. The van der Waals surface area contributed by atoms with Crippen LogP contribution in [0.3, 0.4) is 0 Å². The molecule has 0 aliphatic carbocycles. The number of ether oxygens (including phenoxy) is 1. The summed E-state index contributed by atoms with van der Waals surface area (Å²) in [5.74, 6) is 0. The third-order valence-corrected chi connectivity index (χ3v) is 5.92. The van der Waals surface area contributed by atoms with E-state index >= 15 is 0 Å². The molecule has 0 aromatic heterocycles. The Labute approximate surface area is 193 Å². The highest BCUT2D eigenvalue weighted by atomic mass is 19.4. The fourth-order valence-corrected chi connectivity index (χ4v) is 4.04. The molecule has 0 spiro atoms. The van der Waals surface area contributed by atoms with Crippen molar-refractivity contribution in [2.75, 3.05) is 67.6 Å². The second-order valence-corrected chi connectivity index (χ2v) is 8.00. The molecular weight excluding hydrogens is 455 g/mol. The Bertz CT molecular complexity index is 1030. The summed E-state index contributed by atoms with van der Waals surface area (Å²) in [6.45, 7) is 3.41. The molecule has 0 bridgehead atoms. The Hall–Kier alpha value is -3.54. The van der Waals surface area contributed by atoms with Crippen molar-refractivity contribution in [1.82, 2.24) is 4.90 Å². The van der Waals surface area contributed by atoms with E-state index in [1.807, 2.05) is 9.80 Å². The molecule has 2 amide bonds. The highest BCUT2D eigenvalue weighted by molar-refractivity contribution is 5.91. The van der Waals surface area contributed by atoms with Gasteiger partial charge in [-0.3, -0.25) is 10.1 Å². The van der Waals surface area contributed by atoms with Gasteiger partial charge < -0.3 is 24.8 Å². The monoisotopic (exact) mass is 479 g/mol. The lowest BCUT2D eigenvalue weighted by Gasteiger charge is -2.36. The van der Waals surface area contributed by atoms with Crippen LogP contribution in [0, 0.1) is 10.1 Å². The summed E-state index contributed by atoms with van der Waals surface area (Å²) in [7, 11) is 0. The summed E-state index contributed by atoms with van der Waals surface area (Å²) in [4.78, 5) is 28.3. The lowest BCUT2D eigenvalue weighted by Crippen LogP contribution is -2.50. The number of carbonyl (C=O) groups is 1. The van der Waals surface area contributed by atoms with Crippen LogP contribution in [0.4, 0.5) is 40.7 Å². The number of carbonyl (C=O) groups excluding carboxylic acids is 1. The number of non-ortho nitro benzene ring substituents is 1. The molecule has 0 radical (unpaired) electrons. The summed E-state index contributed by atoms with van der Waals surface area (Å²) in [5.41, 5.74) is 0.0255. The Kier molecular flexibility index (Phi) is 6.77. The van der Waals surface area contributed by atoms with Crippen molar-refractivity contribution < 1.29 is 27.6 Å². The van der Waals surface area contributed by atoms with E-state index in [4.69, 9.17) is 4.74 Å². The highest BCUT2D eigenvalue weighted by Gasteiger charge is 2.35. The third kappa shape index (κ3) is 5.33. The third-order valence-electron chi connectivity index (χ3n) is 5.92. The van der Waals surface area contributed by atoms with Crippen LogP contribution < -0.4 is 15.1 Å². The van der Waals surface area contributed by atoms with Crippen LogP contribution in [-0.2, 0) is 10.9 Å². The fraction of sp³-hybridized carbons (Fsp3) is 0.409. The summed E-state index contributed by atoms with van der Waals surface area (Å²) in [5, 5.41) is 13.2. The van der Waals surface area contributed by atoms with Crippen LogP contribution in [0.5, 0.6) is 0 Å². The van der Waals surface area contributed by atoms with Gasteiger partial charge in [-0.1, -0.05) is 0 Å². The molecule has 2 saturated heterocycles. The first-order chi connectivity index (χ1) is 16.2. The van der Waals surface area contributed by atoms with Gasteiger partial charge in [0.1, 0.15) is 0 Å². The number of hydrogen-bond donors (Lipinski definition) is 1. The molecule has 2 aliphatic heterocycles. The van der Waals surface area contributed by atoms with Gasteiger partial charge in [0.25, 0.3) is 5.69 Å². The minimum Gasteiger partial charge on any atom is -0.378 e. The van der Waals surface area contributed by atoms with Crippen LogP contribution in [0.15, 0.2) is 42.5 Å². The predicted octanol–water partition coefficient (Wildman–Crippen LogP) is 3.80. The average Bonchev–Trinajstić information content (AvgIpc) is 2.84. The maximum Gasteiger partial charge on any atom is 0.418 e. The molecule has 2 fully saturated rings. The van der Waals surface area contributed by atoms with Gasteiger partial charge in [0.2, 0.25) is 0 Å². The Morgan fingerprint density at radius 3 is 2.09 bits per heavy atom. The van der Waals surface area contributed by atoms with E-state index in [1.54, 1.807) is 18.2 Å². The molecule has 2 aromatic carbocycles. The number of nitro groups is 1. The highest BCUT2D eigenvalue weighted by Crippen LogP contribution is 2.37. The molecule has 9 nitrogen and oxygen atoms in total. The number of benzene rings is 2. The number of alkyl halides is 3. The van der Waals surface area contributed by atoms with Crippen LogP contribution in [0.25, 0.3) is 0 Å². The molecule has 1 N–H and O–H groups in total. The van der Waals surface area contributed by atoms with Crippen molar-refractivity contribution in [3.05, 3.63) is 58.1 Å². The van der Waals surface area contributed by atoms with Crippen LogP contribution in [-0.4, -0.2) is 68.3 Å². The molecule has 182 valence electrons. The van der Waals surface area contributed by atoms with Gasteiger partial charge in [-0.15, -0.1) is 0 Å². The zero-order chi connectivity index (χ0) is 24.3. The van der Waals surface area contributed by atoms with Crippen LogP contribution in [0.1, 0.15) is 5.56 Å². The number of rotatable bonds is 4. The standard InChI is InChI=1S/C22H24F3N5O4/c23-22(24,25)19-15-18(28-11-13-34-14-12-28)5-6-20(19)26-21(31)29-9-7-27(8-10-29)16-1-3-17(4-2-16)30(32)33/h1-6,15H,7-14H2,(H,26,31). The molecule has 0 atom stereocenters. The molecule has 0 unspecified atom stereocenters. The summed E-state index contributed by atoms with van der Waals surface area (Å²) >= 11 is 0. The predicted molar refractivity (Wildman–Crippen MR) is 120 cm³/mol. The molecule has 34 heavy (non-hydrogen) atoms. The van der Waals surface area contributed by atoms with E-state index in [9.17, 15) is 28.1 Å². The van der Waals surface area contributed by atoms with Gasteiger partial charge in [0.05, 0.1) is 29.4 Å². The molecular formula is C22H24F3N5O4. The number of urea groups is 1. The summed E-state index contributed by atoms with van der Waals surface area (Å²) in [6.07, 6.45) is -4.63. The van der Waals surface area contributed by atoms with Gasteiger partial charge in [0.15, 0.2) is 0 Å². The van der Waals surface area contributed by atoms with E-state index in [0.29, 0.717) is 58.2 Å². The van der Waals surface area contributed by atoms with Gasteiger partial charge in [0, 0.05) is 62.8 Å². The second-order valence-electron chi connectivity index (χ2n) is 8.00. The van der Waals surface area contributed by atoms with Crippen molar-refractivity contribution in [3.8, 4) is 0 Å². The number of anilines is 3. The quantitative estimate of drug-likeness (QED) is 0.530. The molecule has 2 heterocycles. The summed E-state index contributed by atoms with van der Waals surface area (Å²) in [6, 6.07) is 9.42. The second kappa shape index (κ2) is 9.75. The SMILES string of the molecule is O=C(Nc1ccc(N2CCOCC2)cc1C(F)(F)F)N1CCN(c2ccc([N+](=O)[O-])cc2)CC1. The zero-order valence-electron chi connectivity index (χ0n) is 18.3. The van der Waals surface area contributed by atoms with Crippen molar-refractivity contribution in [1.29, 1.82) is 0 Å². The number of morpholine rings is 1.